The predicted octanol–water partition coefficient (Wildman–Crippen LogP) is 6.53. The second kappa shape index (κ2) is 11.0. The number of aryl methyl sites for hydroxylation is 1. The molecule has 3 aromatic carbocycles. The fraction of sp³-hybridized carbons (Fsp3) is 0.276. The van der Waals surface area contributed by atoms with Crippen LogP contribution in [0.15, 0.2) is 58.4 Å². The Morgan fingerprint density at radius 2 is 1.78 bits per heavy atom. The molecule has 0 spiro atoms. The number of fused-ring (bicyclic) bond motifs is 1. The molecule has 0 amide bonds. The van der Waals surface area contributed by atoms with E-state index in [0.717, 1.165) is 22.4 Å². The van der Waals surface area contributed by atoms with Gasteiger partial charge in [0.15, 0.2) is 17.3 Å². The van der Waals surface area contributed by atoms with Crippen molar-refractivity contribution < 1.29 is 14.6 Å². The zero-order valence-corrected chi connectivity index (χ0v) is 22.3. The average Bonchev–Trinajstić information content (AvgIpc) is 2.86. The monoisotopic (exact) mass is 519 g/mol. The van der Waals surface area contributed by atoms with Gasteiger partial charge in [0.05, 0.1) is 35.4 Å². The van der Waals surface area contributed by atoms with Gasteiger partial charge in [-0.2, -0.15) is 9.78 Å². The Balaban J connectivity index is 1.95. The number of halogens is 1. The van der Waals surface area contributed by atoms with Gasteiger partial charge in [0.2, 0.25) is 0 Å². The minimum atomic E-state index is -0.300. The normalized spacial score (nSPS) is 11.5. The van der Waals surface area contributed by atoms with Crippen LogP contribution >= 0.6 is 11.6 Å². The summed E-state index contributed by atoms with van der Waals surface area (Å²) in [4.78, 5) is 18.5. The lowest BCUT2D eigenvalue weighted by Crippen LogP contribution is -2.21. The van der Waals surface area contributed by atoms with E-state index in [1.165, 1.54) is 10.9 Å². The molecule has 0 aliphatic rings. The first-order chi connectivity index (χ1) is 17.7. The molecular weight excluding hydrogens is 490 g/mol. The van der Waals surface area contributed by atoms with Crippen molar-refractivity contribution >= 4 is 28.7 Å². The molecular formula is C29H30ClN3O4. The molecule has 4 aromatic rings. The van der Waals surface area contributed by atoms with Gasteiger partial charge in [0.25, 0.3) is 5.56 Å². The highest BCUT2D eigenvalue weighted by Gasteiger charge is 2.19. The van der Waals surface area contributed by atoms with Crippen molar-refractivity contribution in [3.8, 4) is 28.6 Å². The van der Waals surface area contributed by atoms with Crippen LogP contribution in [0.1, 0.15) is 50.3 Å². The van der Waals surface area contributed by atoms with E-state index < -0.39 is 0 Å². The number of aromatic hydroxyl groups is 1. The van der Waals surface area contributed by atoms with Gasteiger partial charge in [-0.3, -0.25) is 4.79 Å². The summed E-state index contributed by atoms with van der Waals surface area (Å²) < 4.78 is 12.7. The first-order valence-corrected chi connectivity index (χ1v) is 12.6. The van der Waals surface area contributed by atoms with Crippen molar-refractivity contribution in [2.24, 2.45) is 5.10 Å². The third-order valence-corrected chi connectivity index (χ3v) is 6.23. The molecule has 0 aliphatic carbocycles. The lowest BCUT2D eigenvalue weighted by Gasteiger charge is -2.18. The van der Waals surface area contributed by atoms with E-state index in [0.29, 0.717) is 35.5 Å². The second-order valence-corrected chi connectivity index (χ2v) is 9.30. The molecule has 0 fully saturated rings. The summed E-state index contributed by atoms with van der Waals surface area (Å²) in [6, 6.07) is 14.4. The third kappa shape index (κ3) is 5.32. The van der Waals surface area contributed by atoms with Crippen molar-refractivity contribution in [1.82, 2.24) is 9.66 Å². The number of benzene rings is 3. The fourth-order valence-electron chi connectivity index (χ4n) is 4.13. The molecule has 0 atom stereocenters. The smallest absolute Gasteiger partial charge is 0.282 e. The van der Waals surface area contributed by atoms with Crippen LogP contribution in [0.3, 0.4) is 0 Å². The summed E-state index contributed by atoms with van der Waals surface area (Å²) in [6.45, 7) is 10.8. The molecule has 0 aliphatic heterocycles. The summed E-state index contributed by atoms with van der Waals surface area (Å²) in [7, 11) is 0. The number of hydrogen-bond donors (Lipinski definition) is 1. The Hall–Kier alpha value is -3.84. The molecule has 0 saturated heterocycles. The molecule has 1 N–H and O–H groups in total. The highest BCUT2D eigenvalue weighted by atomic mass is 35.5. The summed E-state index contributed by atoms with van der Waals surface area (Å²) in [5.74, 6) is 1.53. The number of ether oxygens (including phenoxy) is 2. The Bertz CT molecular complexity index is 1540. The summed E-state index contributed by atoms with van der Waals surface area (Å²) in [5, 5.41) is 15.3. The van der Waals surface area contributed by atoms with Crippen LogP contribution in [-0.4, -0.2) is 34.2 Å². The number of hydrogen-bond acceptors (Lipinski definition) is 6. The zero-order chi connectivity index (χ0) is 26.7. The van der Waals surface area contributed by atoms with Crippen LogP contribution in [0.5, 0.6) is 17.2 Å². The van der Waals surface area contributed by atoms with E-state index in [1.807, 2.05) is 45.0 Å². The molecule has 4 rings (SSSR count). The highest BCUT2D eigenvalue weighted by molar-refractivity contribution is 6.32. The van der Waals surface area contributed by atoms with Gasteiger partial charge in [-0.05, 0) is 79.8 Å². The van der Waals surface area contributed by atoms with E-state index in [1.54, 1.807) is 24.3 Å². The Morgan fingerprint density at radius 3 is 2.49 bits per heavy atom. The van der Waals surface area contributed by atoms with Gasteiger partial charge in [-0.1, -0.05) is 37.6 Å². The molecule has 0 radical (unpaired) electrons. The van der Waals surface area contributed by atoms with E-state index in [2.05, 4.69) is 18.9 Å². The number of phenolic OH excluding ortho intramolecular Hbond substituents is 1. The van der Waals surface area contributed by atoms with Crippen molar-refractivity contribution in [3.05, 3.63) is 80.6 Å². The van der Waals surface area contributed by atoms with Gasteiger partial charge >= 0.3 is 0 Å². The molecule has 0 saturated carbocycles. The minimum absolute atomic E-state index is 0.125. The number of nitrogens with zero attached hydrogens (tertiary/aromatic N) is 3. The quantitative estimate of drug-likeness (QED) is 0.267. The number of phenols is 1. The molecule has 1 aromatic heterocycles. The minimum Gasteiger partial charge on any atom is -0.503 e. The van der Waals surface area contributed by atoms with Crippen LogP contribution < -0.4 is 15.0 Å². The van der Waals surface area contributed by atoms with Crippen LogP contribution in [0.4, 0.5) is 0 Å². The zero-order valence-electron chi connectivity index (χ0n) is 21.6. The number of para-hydroxylation sites is 1. The number of rotatable bonds is 8. The summed E-state index contributed by atoms with van der Waals surface area (Å²) >= 11 is 6.20. The Kier molecular flexibility index (Phi) is 7.83. The summed E-state index contributed by atoms with van der Waals surface area (Å²) in [6.07, 6.45) is 1.50. The number of aromatic nitrogens is 2. The largest absolute Gasteiger partial charge is 0.503 e. The maximum atomic E-state index is 13.6. The SMILES string of the molecule is CCOc1cc(C)c(-c2nc3ccccc3c(=O)n2N=Cc2cc(Cl)c(O)c(OCC)c2)cc1C(C)C. The maximum Gasteiger partial charge on any atom is 0.282 e. The van der Waals surface area contributed by atoms with Crippen molar-refractivity contribution in [3.63, 3.8) is 0 Å². The first kappa shape index (κ1) is 26.2. The van der Waals surface area contributed by atoms with Gasteiger partial charge in [-0.15, -0.1) is 0 Å². The molecule has 8 heteroatoms. The van der Waals surface area contributed by atoms with E-state index >= 15 is 0 Å². The van der Waals surface area contributed by atoms with E-state index in [-0.39, 0.29) is 28.0 Å². The molecule has 7 nitrogen and oxygen atoms in total. The maximum absolute atomic E-state index is 13.6. The first-order valence-electron chi connectivity index (χ1n) is 12.2. The van der Waals surface area contributed by atoms with Gasteiger partial charge < -0.3 is 14.6 Å². The van der Waals surface area contributed by atoms with Crippen LogP contribution in [0, 0.1) is 6.92 Å². The molecule has 37 heavy (non-hydrogen) atoms. The Morgan fingerprint density at radius 1 is 1.08 bits per heavy atom. The van der Waals surface area contributed by atoms with Crippen molar-refractivity contribution in [2.45, 2.75) is 40.5 Å². The van der Waals surface area contributed by atoms with Gasteiger partial charge in [0, 0.05) is 5.56 Å². The van der Waals surface area contributed by atoms with Crippen molar-refractivity contribution in [1.29, 1.82) is 0 Å². The van der Waals surface area contributed by atoms with Gasteiger partial charge in [0.1, 0.15) is 5.75 Å². The molecule has 192 valence electrons. The lowest BCUT2D eigenvalue weighted by molar-refractivity contribution is 0.318. The van der Waals surface area contributed by atoms with Crippen LogP contribution in [0.2, 0.25) is 5.02 Å². The molecule has 0 bridgehead atoms. The fourth-order valence-corrected chi connectivity index (χ4v) is 4.35. The van der Waals surface area contributed by atoms with E-state index in [9.17, 15) is 9.90 Å². The second-order valence-electron chi connectivity index (χ2n) is 8.89. The Labute approximate surface area is 221 Å². The van der Waals surface area contributed by atoms with Gasteiger partial charge in [-0.25, -0.2) is 4.98 Å². The molecule has 1 heterocycles. The standard InChI is InChI=1S/C29H30ClN3O4/c1-6-36-25-12-18(5)22(15-21(25)17(3)4)28-32-24-11-9-8-10-20(24)29(35)33(28)31-16-19-13-23(30)27(34)26(14-19)37-7-2/h8-17,34H,6-7H2,1-5H3. The van der Waals surface area contributed by atoms with Crippen LogP contribution in [0.25, 0.3) is 22.3 Å². The third-order valence-electron chi connectivity index (χ3n) is 5.95. The van der Waals surface area contributed by atoms with E-state index in [4.69, 9.17) is 26.1 Å². The highest BCUT2D eigenvalue weighted by Crippen LogP contribution is 2.36. The predicted molar refractivity (Wildman–Crippen MR) is 149 cm³/mol. The summed E-state index contributed by atoms with van der Waals surface area (Å²) in [5.41, 5.74) is 3.55. The lowest BCUT2D eigenvalue weighted by atomic mass is 9.96. The molecule has 0 unspecified atom stereocenters. The average molecular weight is 520 g/mol. The topological polar surface area (TPSA) is 85.9 Å². The van der Waals surface area contributed by atoms with Crippen molar-refractivity contribution in [2.75, 3.05) is 13.2 Å². The van der Waals surface area contributed by atoms with Crippen LogP contribution in [-0.2, 0) is 0 Å².